The Hall–Kier alpha value is -3.04. The van der Waals surface area contributed by atoms with Crippen molar-refractivity contribution in [3.8, 4) is 0 Å². The summed E-state index contributed by atoms with van der Waals surface area (Å²) in [4.78, 5) is 45.7. The van der Waals surface area contributed by atoms with E-state index in [9.17, 15) is 14.4 Å². The molecule has 0 bridgehead atoms. The van der Waals surface area contributed by atoms with E-state index >= 15 is 0 Å². The number of hydrogen-bond donors (Lipinski definition) is 1. The third-order valence-electron chi connectivity index (χ3n) is 4.90. The normalized spacial score (nSPS) is 14.8. The van der Waals surface area contributed by atoms with Crippen LogP contribution in [0.4, 0.5) is 0 Å². The lowest BCUT2D eigenvalue weighted by Crippen LogP contribution is -2.51. The highest BCUT2D eigenvalue weighted by atomic mass is 32.1. The summed E-state index contributed by atoms with van der Waals surface area (Å²) in [7, 11) is 0. The number of rotatable bonds is 5. The predicted octanol–water partition coefficient (Wildman–Crippen LogP) is 0.830. The molecule has 0 unspecified atom stereocenters. The second-order valence-electron chi connectivity index (χ2n) is 6.85. The molecule has 1 saturated heterocycles. The minimum Gasteiger partial charge on any atom is -0.343 e. The highest BCUT2D eigenvalue weighted by Gasteiger charge is 2.22. The van der Waals surface area contributed by atoms with Crippen molar-refractivity contribution in [2.45, 2.75) is 6.54 Å². The van der Waals surface area contributed by atoms with Gasteiger partial charge in [-0.1, -0.05) is 18.2 Å². The van der Waals surface area contributed by atoms with Crippen LogP contribution in [0.25, 0.3) is 4.96 Å². The first-order valence-corrected chi connectivity index (χ1v) is 10.3. The van der Waals surface area contributed by atoms with Gasteiger partial charge in [0.15, 0.2) is 4.96 Å². The second kappa shape index (κ2) is 8.54. The number of hydrogen-bond acceptors (Lipinski definition) is 6. The van der Waals surface area contributed by atoms with Crippen molar-refractivity contribution in [2.75, 3.05) is 32.7 Å². The number of fused-ring (bicyclic) bond motifs is 1. The van der Waals surface area contributed by atoms with Gasteiger partial charge in [-0.25, -0.2) is 4.98 Å². The topological polar surface area (TPSA) is 87.0 Å². The summed E-state index contributed by atoms with van der Waals surface area (Å²) in [6.45, 7) is 3.13. The number of aromatic nitrogens is 2. The maximum Gasteiger partial charge on any atom is 0.258 e. The molecule has 0 radical (unpaired) electrons. The van der Waals surface area contributed by atoms with Gasteiger partial charge in [-0.15, -0.1) is 11.3 Å². The average Bonchev–Trinajstić information content (AvgIpc) is 3.22. The molecule has 1 aliphatic heterocycles. The average molecular weight is 411 g/mol. The first-order chi connectivity index (χ1) is 14.1. The monoisotopic (exact) mass is 411 g/mol. The van der Waals surface area contributed by atoms with Crippen LogP contribution in [-0.4, -0.2) is 63.7 Å². The van der Waals surface area contributed by atoms with Gasteiger partial charge in [0.25, 0.3) is 11.5 Å². The summed E-state index contributed by atoms with van der Waals surface area (Å²) < 4.78 is 1.54. The van der Waals surface area contributed by atoms with E-state index in [2.05, 4.69) is 15.2 Å². The van der Waals surface area contributed by atoms with Crippen LogP contribution < -0.4 is 10.9 Å². The molecule has 150 valence electrons. The summed E-state index contributed by atoms with van der Waals surface area (Å²) >= 11 is 1.43. The molecular formula is C20H21N5O3S. The SMILES string of the molecule is O=C(NCC(=O)N1CCN(Cc2cc(=O)n3ccsc3n2)CC1)c1ccccc1. The highest BCUT2D eigenvalue weighted by molar-refractivity contribution is 7.15. The Morgan fingerprint density at radius 2 is 1.86 bits per heavy atom. The van der Waals surface area contributed by atoms with E-state index in [-0.39, 0.29) is 23.9 Å². The van der Waals surface area contributed by atoms with Gasteiger partial charge in [0.2, 0.25) is 5.91 Å². The summed E-state index contributed by atoms with van der Waals surface area (Å²) in [6, 6.07) is 10.4. The highest BCUT2D eigenvalue weighted by Crippen LogP contribution is 2.10. The van der Waals surface area contributed by atoms with E-state index in [4.69, 9.17) is 0 Å². The summed E-state index contributed by atoms with van der Waals surface area (Å²) in [6.07, 6.45) is 1.72. The van der Waals surface area contributed by atoms with E-state index in [0.717, 1.165) is 5.69 Å². The molecule has 1 aliphatic rings. The van der Waals surface area contributed by atoms with E-state index in [0.29, 0.717) is 43.2 Å². The molecule has 29 heavy (non-hydrogen) atoms. The molecule has 9 heteroatoms. The number of thiazole rings is 1. The minimum atomic E-state index is -0.251. The van der Waals surface area contributed by atoms with E-state index < -0.39 is 0 Å². The Kier molecular flexibility index (Phi) is 5.68. The fraction of sp³-hybridized carbons (Fsp3) is 0.300. The van der Waals surface area contributed by atoms with Crippen LogP contribution in [0.2, 0.25) is 0 Å². The van der Waals surface area contributed by atoms with Crippen molar-refractivity contribution in [1.29, 1.82) is 0 Å². The molecule has 8 nitrogen and oxygen atoms in total. The predicted molar refractivity (Wildman–Crippen MR) is 110 cm³/mol. The first kappa shape index (κ1) is 19.3. The Morgan fingerprint density at radius 3 is 2.62 bits per heavy atom. The van der Waals surface area contributed by atoms with E-state index in [1.807, 2.05) is 11.4 Å². The molecule has 2 amide bonds. The van der Waals surface area contributed by atoms with Crippen molar-refractivity contribution in [3.05, 3.63) is 69.6 Å². The van der Waals surface area contributed by atoms with Gasteiger partial charge in [0, 0.05) is 55.9 Å². The lowest BCUT2D eigenvalue weighted by atomic mass is 10.2. The maximum absolute atomic E-state index is 12.4. The molecule has 1 aromatic carbocycles. The quantitative estimate of drug-likeness (QED) is 0.672. The van der Waals surface area contributed by atoms with Crippen molar-refractivity contribution in [3.63, 3.8) is 0 Å². The molecule has 2 aromatic heterocycles. The fourth-order valence-electron chi connectivity index (χ4n) is 3.31. The van der Waals surface area contributed by atoms with Crippen molar-refractivity contribution in [2.24, 2.45) is 0 Å². The second-order valence-corrected chi connectivity index (χ2v) is 7.72. The van der Waals surface area contributed by atoms with Gasteiger partial charge in [-0.2, -0.15) is 0 Å². The van der Waals surface area contributed by atoms with Crippen LogP contribution in [-0.2, 0) is 11.3 Å². The Morgan fingerprint density at radius 1 is 1.10 bits per heavy atom. The van der Waals surface area contributed by atoms with Crippen LogP contribution >= 0.6 is 11.3 Å². The van der Waals surface area contributed by atoms with Gasteiger partial charge in [-0.3, -0.25) is 23.7 Å². The van der Waals surface area contributed by atoms with Gasteiger partial charge in [0.05, 0.1) is 12.2 Å². The number of amides is 2. The summed E-state index contributed by atoms with van der Waals surface area (Å²) in [5.74, 6) is -0.343. The van der Waals surface area contributed by atoms with Crippen LogP contribution in [0.3, 0.4) is 0 Å². The molecule has 0 spiro atoms. The molecule has 0 saturated carbocycles. The Balaban J connectivity index is 1.27. The smallest absolute Gasteiger partial charge is 0.258 e. The number of nitrogens with one attached hydrogen (secondary N) is 1. The lowest BCUT2D eigenvalue weighted by Gasteiger charge is -2.34. The third kappa shape index (κ3) is 4.52. The summed E-state index contributed by atoms with van der Waals surface area (Å²) in [5.41, 5.74) is 1.21. The number of benzene rings is 1. The Labute approximate surface area is 171 Å². The van der Waals surface area contributed by atoms with E-state index in [1.165, 1.54) is 15.7 Å². The fourth-order valence-corrected chi connectivity index (χ4v) is 4.05. The zero-order chi connectivity index (χ0) is 20.2. The molecule has 3 heterocycles. The first-order valence-electron chi connectivity index (χ1n) is 9.39. The van der Waals surface area contributed by atoms with Gasteiger partial charge in [0.1, 0.15) is 0 Å². The molecular weight excluding hydrogens is 390 g/mol. The van der Waals surface area contributed by atoms with Gasteiger partial charge in [-0.05, 0) is 12.1 Å². The van der Waals surface area contributed by atoms with E-state index in [1.54, 1.807) is 41.4 Å². The lowest BCUT2D eigenvalue weighted by molar-refractivity contribution is -0.131. The largest absolute Gasteiger partial charge is 0.343 e. The molecule has 0 atom stereocenters. The molecule has 0 aliphatic carbocycles. The Bertz CT molecular complexity index is 1070. The van der Waals surface area contributed by atoms with Crippen molar-refractivity contribution < 1.29 is 9.59 Å². The van der Waals surface area contributed by atoms with Crippen LogP contribution in [0, 0.1) is 0 Å². The number of piperazine rings is 1. The number of carbonyl (C=O) groups excluding carboxylic acids is 2. The van der Waals surface area contributed by atoms with Crippen molar-refractivity contribution in [1.82, 2.24) is 24.5 Å². The minimum absolute atomic E-state index is 0.0128. The zero-order valence-electron chi connectivity index (χ0n) is 15.8. The van der Waals surface area contributed by atoms with Crippen LogP contribution in [0.15, 0.2) is 52.8 Å². The van der Waals surface area contributed by atoms with Gasteiger partial charge < -0.3 is 10.2 Å². The molecule has 1 fully saturated rings. The molecule has 4 rings (SSSR count). The standard InChI is InChI=1S/C20H21N5O3S/c26-17-12-16(22-20-25(17)10-11-29-20)14-23-6-8-24(9-7-23)18(27)13-21-19(28)15-4-2-1-3-5-15/h1-5,10-12H,6-9,13-14H2,(H,21,28). The summed E-state index contributed by atoms with van der Waals surface area (Å²) in [5, 5.41) is 4.52. The number of nitrogens with zero attached hydrogens (tertiary/aromatic N) is 4. The third-order valence-corrected chi connectivity index (χ3v) is 5.66. The molecule has 1 N–H and O–H groups in total. The van der Waals surface area contributed by atoms with Crippen LogP contribution in [0.5, 0.6) is 0 Å². The van der Waals surface area contributed by atoms with Gasteiger partial charge >= 0.3 is 0 Å². The number of carbonyl (C=O) groups is 2. The molecule has 3 aromatic rings. The van der Waals surface area contributed by atoms with Crippen LogP contribution in [0.1, 0.15) is 16.1 Å². The maximum atomic E-state index is 12.4. The zero-order valence-corrected chi connectivity index (χ0v) is 16.6. The van der Waals surface area contributed by atoms with Crippen molar-refractivity contribution >= 4 is 28.1 Å².